The van der Waals surface area contributed by atoms with Crippen molar-refractivity contribution >= 4 is 0 Å². The molecule has 0 aliphatic rings. The smallest absolute Gasteiger partial charge is 0.258 e. The molecule has 19 heavy (non-hydrogen) atoms. The Morgan fingerprint density at radius 2 is 2.26 bits per heavy atom. The summed E-state index contributed by atoms with van der Waals surface area (Å²) in [6, 6.07) is 3.59. The molecule has 0 radical (unpaired) electrons. The van der Waals surface area contributed by atoms with Crippen molar-refractivity contribution in [1.82, 2.24) is 15.1 Å². The van der Waals surface area contributed by atoms with Crippen molar-refractivity contribution in [2.75, 3.05) is 7.11 Å². The van der Waals surface area contributed by atoms with Crippen LogP contribution in [0.5, 0.6) is 5.88 Å². The van der Waals surface area contributed by atoms with Gasteiger partial charge in [-0.15, -0.1) is 0 Å². The van der Waals surface area contributed by atoms with Crippen molar-refractivity contribution < 1.29 is 14.0 Å². The topological polar surface area (TPSA) is 70.3 Å². The van der Waals surface area contributed by atoms with E-state index in [0.29, 0.717) is 24.2 Å². The summed E-state index contributed by atoms with van der Waals surface area (Å²) >= 11 is 0. The highest BCUT2D eigenvalue weighted by Crippen LogP contribution is 2.21. The Balaban J connectivity index is 2.17. The van der Waals surface area contributed by atoms with Gasteiger partial charge in [0.2, 0.25) is 5.88 Å². The lowest BCUT2D eigenvalue weighted by Crippen LogP contribution is -2.10. The molecular formula is C13H17N3O3. The molecule has 0 aromatic carbocycles. The molecule has 2 aromatic heterocycles. The van der Waals surface area contributed by atoms with Gasteiger partial charge in [-0.3, -0.25) is 0 Å². The van der Waals surface area contributed by atoms with E-state index in [-0.39, 0.29) is 6.10 Å². The summed E-state index contributed by atoms with van der Waals surface area (Å²) in [6.07, 6.45) is 2.70. The molecule has 0 unspecified atom stereocenters. The number of hydrogen-bond donors (Lipinski definition) is 0. The first-order valence-corrected chi connectivity index (χ1v) is 6.17. The Morgan fingerprint density at radius 1 is 1.42 bits per heavy atom. The highest BCUT2D eigenvalue weighted by atomic mass is 16.5. The van der Waals surface area contributed by atoms with Gasteiger partial charge < -0.3 is 14.0 Å². The fraction of sp³-hybridized carbons (Fsp3) is 0.462. The van der Waals surface area contributed by atoms with Crippen LogP contribution in [0.4, 0.5) is 0 Å². The SMILES string of the molecule is CC[C@H](C)Oc1cc(-c2nc(COC)no2)ccn1. The van der Waals surface area contributed by atoms with Gasteiger partial charge in [0.05, 0.1) is 6.10 Å². The molecule has 0 N–H and O–H groups in total. The number of hydrogen-bond acceptors (Lipinski definition) is 6. The quantitative estimate of drug-likeness (QED) is 0.797. The Hall–Kier alpha value is -1.95. The Morgan fingerprint density at radius 3 is 3.00 bits per heavy atom. The monoisotopic (exact) mass is 263 g/mol. The normalized spacial score (nSPS) is 12.4. The largest absolute Gasteiger partial charge is 0.475 e. The van der Waals surface area contributed by atoms with Crippen LogP contribution in [0.2, 0.25) is 0 Å². The fourth-order valence-corrected chi connectivity index (χ4v) is 1.46. The molecule has 0 amide bonds. The van der Waals surface area contributed by atoms with Crippen LogP contribution in [0.1, 0.15) is 26.1 Å². The summed E-state index contributed by atoms with van der Waals surface area (Å²) in [5.41, 5.74) is 0.781. The molecule has 0 spiro atoms. The van der Waals surface area contributed by atoms with E-state index >= 15 is 0 Å². The summed E-state index contributed by atoms with van der Waals surface area (Å²) < 4.78 is 15.8. The van der Waals surface area contributed by atoms with E-state index in [4.69, 9.17) is 14.0 Å². The molecule has 2 aromatic rings. The molecule has 102 valence electrons. The summed E-state index contributed by atoms with van der Waals surface area (Å²) in [7, 11) is 1.58. The number of ether oxygens (including phenoxy) is 2. The minimum absolute atomic E-state index is 0.120. The van der Waals surface area contributed by atoms with Crippen LogP contribution in [0.25, 0.3) is 11.5 Å². The molecule has 6 heteroatoms. The van der Waals surface area contributed by atoms with E-state index < -0.39 is 0 Å². The van der Waals surface area contributed by atoms with E-state index in [9.17, 15) is 0 Å². The van der Waals surface area contributed by atoms with Crippen molar-refractivity contribution in [1.29, 1.82) is 0 Å². The second kappa shape index (κ2) is 6.29. The first-order chi connectivity index (χ1) is 9.22. The lowest BCUT2D eigenvalue weighted by molar-refractivity contribution is 0.174. The average Bonchev–Trinajstić information content (AvgIpc) is 2.88. The zero-order chi connectivity index (χ0) is 13.7. The van der Waals surface area contributed by atoms with Crippen molar-refractivity contribution in [2.24, 2.45) is 0 Å². The zero-order valence-corrected chi connectivity index (χ0v) is 11.3. The molecule has 1 atom stereocenters. The molecule has 0 saturated carbocycles. The summed E-state index contributed by atoms with van der Waals surface area (Å²) in [5.74, 6) is 1.50. The Bertz CT molecular complexity index is 527. The first-order valence-electron chi connectivity index (χ1n) is 6.17. The van der Waals surface area contributed by atoms with Crippen molar-refractivity contribution in [3.8, 4) is 17.3 Å². The predicted molar refractivity (Wildman–Crippen MR) is 68.6 cm³/mol. The molecule has 0 aliphatic carbocycles. The summed E-state index contributed by atoms with van der Waals surface area (Å²) in [4.78, 5) is 8.38. The fourth-order valence-electron chi connectivity index (χ4n) is 1.46. The van der Waals surface area contributed by atoms with Gasteiger partial charge in [-0.2, -0.15) is 4.98 Å². The molecule has 2 rings (SSSR count). The average molecular weight is 263 g/mol. The van der Waals surface area contributed by atoms with Crippen molar-refractivity contribution in [3.63, 3.8) is 0 Å². The maximum absolute atomic E-state index is 5.65. The standard InChI is InChI=1S/C13H17N3O3/c1-4-9(2)18-12-7-10(5-6-14-12)13-15-11(8-17-3)16-19-13/h5-7,9H,4,8H2,1-3H3/t9-/m0/s1. The highest BCUT2D eigenvalue weighted by molar-refractivity contribution is 5.53. The Kier molecular flexibility index (Phi) is 4.46. The van der Waals surface area contributed by atoms with Gasteiger partial charge in [0.15, 0.2) is 5.82 Å². The molecule has 6 nitrogen and oxygen atoms in total. The van der Waals surface area contributed by atoms with Crippen LogP contribution in [0.15, 0.2) is 22.9 Å². The highest BCUT2D eigenvalue weighted by Gasteiger charge is 2.11. The Labute approximate surface area is 111 Å². The molecule has 0 fully saturated rings. The summed E-state index contributed by atoms with van der Waals surface area (Å²) in [5, 5.41) is 3.82. The van der Waals surface area contributed by atoms with E-state index in [1.54, 1.807) is 25.4 Å². The number of aromatic nitrogens is 3. The summed E-state index contributed by atoms with van der Waals surface area (Å²) in [6.45, 7) is 4.38. The molecule has 2 heterocycles. The maximum Gasteiger partial charge on any atom is 0.258 e. The van der Waals surface area contributed by atoms with Gasteiger partial charge >= 0.3 is 0 Å². The minimum atomic E-state index is 0.120. The van der Waals surface area contributed by atoms with E-state index in [2.05, 4.69) is 22.0 Å². The van der Waals surface area contributed by atoms with E-state index in [0.717, 1.165) is 12.0 Å². The predicted octanol–water partition coefficient (Wildman–Crippen LogP) is 2.46. The van der Waals surface area contributed by atoms with Gasteiger partial charge in [-0.25, -0.2) is 4.98 Å². The van der Waals surface area contributed by atoms with Gasteiger partial charge in [-0.05, 0) is 19.4 Å². The molecule has 0 aliphatic heterocycles. The number of rotatable bonds is 6. The number of methoxy groups -OCH3 is 1. The van der Waals surface area contributed by atoms with Crippen LogP contribution < -0.4 is 4.74 Å². The van der Waals surface area contributed by atoms with Crippen LogP contribution >= 0.6 is 0 Å². The van der Waals surface area contributed by atoms with Crippen LogP contribution in [-0.2, 0) is 11.3 Å². The van der Waals surface area contributed by atoms with Gasteiger partial charge in [0.1, 0.15) is 6.61 Å². The molecule has 0 bridgehead atoms. The third kappa shape index (κ3) is 3.51. The molecule has 0 saturated heterocycles. The third-order valence-corrected chi connectivity index (χ3v) is 2.62. The van der Waals surface area contributed by atoms with Crippen LogP contribution in [0.3, 0.4) is 0 Å². The van der Waals surface area contributed by atoms with Crippen molar-refractivity contribution in [2.45, 2.75) is 33.0 Å². The molecular weight excluding hydrogens is 246 g/mol. The van der Waals surface area contributed by atoms with Gasteiger partial charge in [-0.1, -0.05) is 12.1 Å². The second-order valence-corrected chi connectivity index (χ2v) is 4.17. The minimum Gasteiger partial charge on any atom is -0.475 e. The number of nitrogens with zero attached hydrogens (tertiary/aromatic N) is 3. The van der Waals surface area contributed by atoms with Crippen molar-refractivity contribution in [3.05, 3.63) is 24.2 Å². The van der Waals surface area contributed by atoms with Crippen LogP contribution in [-0.4, -0.2) is 28.3 Å². The zero-order valence-electron chi connectivity index (χ0n) is 11.3. The lowest BCUT2D eigenvalue weighted by Gasteiger charge is -2.11. The first kappa shape index (κ1) is 13.5. The number of pyridine rings is 1. The van der Waals surface area contributed by atoms with Gasteiger partial charge in [0, 0.05) is 24.9 Å². The van der Waals surface area contributed by atoms with Crippen LogP contribution in [0, 0.1) is 0 Å². The lowest BCUT2D eigenvalue weighted by atomic mass is 10.2. The maximum atomic E-state index is 5.65. The van der Waals surface area contributed by atoms with Gasteiger partial charge in [0.25, 0.3) is 5.89 Å². The second-order valence-electron chi connectivity index (χ2n) is 4.17. The third-order valence-electron chi connectivity index (χ3n) is 2.62. The van der Waals surface area contributed by atoms with E-state index in [1.807, 2.05) is 6.92 Å². The van der Waals surface area contributed by atoms with E-state index in [1.165, 1.54) is 0 Å².